The Labute approximate surface area is 102 Å². The van der Waals surface area contributed by atoms with Crippen molar-refractivity contribution in [1.82, 2.24) is 0 Å². The van der Waals surface area contributed by atoms with E-state index in [1.54, 1.807) is 0 Å². The number of Topliss-reactive ketones (excluding diaryl/α,β-unsaturated/α-hetero) is 1. The number of ketones is 1. The maximum atomic E-state index is 11.4. The Bertz CT molecular complexity index is 384. The zero-order chi connectivity index (χ0) is 12.7. The first-order valence-corrected chi connectivity index (χ1v) is 6.12. The number of carbonyl (C=O) groups excluding carboxylic acids is 1. The molecule has 0 aromatic heterocycles. The highest BCUT2D eigenvalue weighted by molar-refractivity contribution is 6.40. The van der Waals surface area contributed by atoms with Gasteiger partial charge in [0.05, 0.1) is 0 Å². The van der Waals surface area contributed by atoms with Crippen LogP contribution in [-0.4, -0.2) is 11.5 Å². The molecule has 1 atom stereocenters. The highest BCUT2D eigenvalue weighted by Crippen LogP contribution is 2.27. The highest BCUT2D eigenvalue weighted by atomic mass is 16.6. The maximum Gasteiger partial charge on any atom is 0.180 e. The van der Waals surface area contributed by atoms with Crippen molar-refractivity contribution >= 4 is 11.5 Å². The van der Waals surface area contributed by atoms with Crippen molar-refractivity contribution in [2.45, 2.75) is 39.7 Å². The number of hydrogen-bond acceptors (Lipinski definition) is 3. The van der Waals surface area contributed by atoms with Gasteiger partial charge in [0.15, 0.2) is 11.9 Å². The van der Waals surface area contributed by atoms with E-state index in [9.17, 15) is 4.79 Å². The molecule has 1 aliphatic heterocycles. The Hall–Kier alpha value is -1.64. The molecule has 0 radical (unpaired) electrons. The van der Waals surface area contributed by atoms with Crippen molar-refractivity contribution in [1.29, 1.82) is 0 Å². The van der Waals surface area contributed by atoms with Crippen LogP contribution in [0.2, 0.25) is 0 Å². The van der Waals surface area contributed by atoms with Gasteiger partial charge in [-0.15, -0.1) is 0 Å². The third-order valence-corrected chi connectivity index (χ3v) is 2.48. The smallest absolute Gasteiger partial charge is 0.180 e. The van der Waals surface area contributed by atoms with Crippen LogP contribution < -0.4 is 0 Å². The van der Waals surface area contributed by atoms with E-state index in [0.717, 1.165) is 5.56 Å². The second kappa shape index (κ2) is 6.84. The molecule has 92 valence electrons. The fourth-order valence-electron chi connectivity index (χ4n) is 1.59. The fraction of sp³-hybridized carbons (Fsp3) is 0.429. The normalized spacial score (nSPS) is 17.6. The first-order valence-electron chi connectivity index (χ1n) is 6.12. The van der Waals surface area contributed by atoms with Crippen molar-refractivity contribution in [2.75, 3.05) is 0 Å². The van der Waals surface area contributed by atoms with Gasteiger partial charge in [-0.3, -0.25) is 4.79 Å². The average Bonchev–Trinajstić information content (AvgIpc) is 2.91. The van der Waals surface area contributed by atoms with E-state index in [0.29, 0.717) is 18.6 Å². The molecule has 17 heavy (non-hydrogen) atoms. The summed E-state index contributed by atoms with van der Waals surface area (Å²) in [5.74, 6) is 0.0773. The van der Waals surface area contributed by atoms with Crippen molar-refractivity contribution in [3.63, 3.8) is 0 Å². The zero-order valence-electron chi connectivity index (χ0n) is 10.6. The minimum Gasteiger partial charge on any atom is -0.387 e. The third kappa shape index (κ3) is 3.41. The van der Waals surface area contributed by atoms with Gasteiger partial charge in [-0.2, -0.15) is 0 Å². The number of oxime groups is 1. The van der Waals surface area contributed by atoms with Crippen molar-refractivity contribution in [3.05, 3.63) is 35.9 Å². The van der Waals surface area contributed by atoms with Gasteiger partial charge in [-0.25, -0.2) is 0 Å². The van der Waals surface area contributed by atoms with Gasteiger partial charge in [0.2, 0.25) is 0 Å². The van der Waals surface area contributed by atoms with Crippen molar-refractivity contribution in [2.24, 2.45) is 5.16 Å². The fourth-order valence-corrected chi connectivity index (χ4v) is 1.59. The van der Waals surface area contributed by atoms with Crippen LogP contribution in [0.25, 0.3) is 0 Å². The molecule has 1 heterocycles. The molecule has 1 aliphatic rings. The lowest BCUT2D eigenvalue weighted by atomic mass is 10.0. The molecule has 0 spiro atoms. The Morgan fingerprint density at radius 2 is 2.00 bits per heavy atom. The van der Waals surface area contributed by atoms with Crippen molar-refractivity contribution in [3.8, 4) is 0 Å². The SMILES string of the molecule is CC.CCC(=O)C1=NOC(c2ccccc2)C1. The molecule has 0 fully saturated rings. The van der Waals surface area contributed by atoms with Gasteiger partial charge in [0.1, 0.15) is 5.71 Å². The number of carbonyl (C=O) groups is 1. The quantitative estimate of drug-likeness (QED) is 0.801. The second-order valence-corrected chi connectivity index (χ2v) is 3.52. The predicted molar refractivity (Wildman–Crippen MR) is 69.0 cm³/mol. The molecular formula is C14H19NO2. The molecule has 0 amide bonds. The molecule has 0 aliphatic carbocycles. The highest BCUT2D eigenvalue weighted by Gasteiger charge is 2.25. The van der Waals surface area contributed by atoms with Gasteiger partial charge in [0, 0.05) is 12.8 Å². The summed E-state index contributed by atoms with van der Waals surface area (Å²) >= 11 is 0. The van der Waals surface area contributed by atoms with Crippen LogP contribution in [0.1, 0.15) is 45.3 Å². The van der Waals surface area contributed by atoms with Gasteiger partial charge in [-0.1, -0.05) is 56.3 Å². The molecule has 0 bridgehead atoms. The molecule has 3 heteroatoms. The molecule has 0 saturated heterocycles. The number of rotatable bonds is 3. The summed E-state index contributed by atoms with van der Waals surface area (Å²) < 4.78 is 0. The van der Waals surface area contributed by atoms with E-state index in [-0.39, 0.29) is 11.9 Å². The first kappa shape index (κ1) is 13.4. The standard InChI is InChI=1S/C12H13NO2.C2H6/c1-2-11(14)10-8-12(15-13-10)9-6-4-3-5-7-9;1-2/h3-7,12H,2,8H2,1H3;1-2H3. The largest absolute Gasteiger partial charge is 0.387 e. The molecule has 2 rings (SSSR count). The second-order valence-electron chi connectivity index (χ2n) is 3.52. The number of benzene rings is 1. The van der Waals surface area contributed by atoms with Crippen LogP contribution in [-0.2, 0) is 9.63 Å². The molecule has 1 aromatic rings. The topological polar surface area (TPSA) is 38.7 Å². The molecule has 0 N–H and O–H groups in total. The molecule has 1 unspecified atom stereocenters. The summed E-state index contributed by atoms with van der Waals surface area (Å²) in [4.78, 5) is 16.6. The average molecular weight is 233 g/mol. The van der Waals surface area contributed by atoms with Gasteiger partial charge in [0.25, 0.3) is 0 Å². The van der Waals surface area contributed by atoms with Gasteiger partial charge in [-0.05, 0) is 5.56 Å². The van der Waals surface area contributed by atoms with Crippen LogP contribution in [0.15, 0.2) is 35.5 Å². The summed E-state index contributed by atoms with van der Waals surface area (Å²) in [6.07, 6.45) is 0.997. The van der Waals surface area contributed by atoms with Gasteiger partial charge < -0.3 is 4.84 Å². The Kier molecular flexibility index (Phi) is 5.40. The Balaban J connectivity index is 0.000000686. The van der Waals surface area contributed by atoms with E-state index >= 15 is 0 Å². The van der Waals surface area contributed by atoms with E-state index < -0.39 is 0 Å². The lowest BCUT2D eigenvalue weighted by Crippen LogP contribution is -2.11. The van der Waals surface area contributed by atoms with Crippen LogP contribution in [0, 0.1) is 0 Å². The van der Waals surface area contributed by atoms with Crippen LogP contribution in [0.5, 0.6) is 0 Å². The number of nitrogens with zero attached hydrogens (tertiary/aromatic N) is 1. The first-order chi connectivity index (χ1) is 8.31. The molecule has 1 aromatic carbocycles. The summed E-state index contributed by atoms with van der Waals surface area (Å²) in [6.45, 7) is 5.83. The summed E-state index contributed by atoms with van der Waals surface area (Å²) in [5.41, 5.74) is 1.63. The van der Waals surface area contributed by atoms with E-state index in [1.807, 2.05) is 51.1 Å². The monoisotopic (exact) mass is 233 g/mol. The van der Waals surface area contributed by atoms with E-state index in [2.05, 4.69) is 5.16 Å². The predicted octanol–water partition coefficient (Wildman–Crippen LogP) is 3.51. The Morgan fingerprint density at radius 3 is 2.59 bits per heavy atom. The summed E-state index contributed by atoms with van der Waals surface area (Å²) in [6, 6.07) is 9.84. The minimum absolute atomic E-state index is 0.0773. The van der Waals surface area contributed by atoms with E-state index in [1.165, 1.54) is 0 Å². The zero-order valence-corrected chi connectivity index (χ0v) is 10.6. The summed E-state index contributed by atoms with van der Waals surface area (Å²) in [5, 5.41) is 3.83. The van der Waals surface area contributed by atoms with Crippen LogP contribution >= 0.6 is 0 Å². The molecular weight excluding hydrogens is 214 g/mol. The van der Waals surface area contributed by atoms with Crippen LogP contribution in [0.3, 0.4) is 0 Å². The van der Waals surface area contributed by atoms with Crippen molar-refractivity contribution < 1.29 is 9.63 Å². The Morgan fingerprint density at radius 1 is 1.35 bits per heavy atom. The number of hydrogen-bond donors (Lipinski definition) is 0. The summed E-state index contributed by atoms with van der Waals surface area (Å²) in [7, 11) is 0. The molecule has 3 nitrogen and oxygen atoms in total. The maximum absolute atomic E-state index is 11.4. The lowest BCUT2D eigenvalue weighted by Gasteiger charge is -2.06. The third-order valence-electron chi connectivity index (χ3n) is 2.48. The van der Waals surface area contributed by atoms with E-state index in [4.69, 9.17) is 4.84 Å². The molecule has 0 saturated carbocycles. The van der Waals surface area contributed by atoms with Crippen LogP contribution in [0.4, 0.5) is 0 Å². The minimum atomic E-state index is -0.0864. The van der Waals surface area contributed by atoms with Gasteiger partial charge >= 0.3 is 0 Å². The lowest BCUT2D eigenvalue weighted by molar-refractivity contribution is -0.112.